The van der Waals surface area contributed by atoms with Crippen LogP contribution in [0, 0.1) is 0 Å². The van der Waals surface area contributed by atoms with E-state index in [1.807, 2.05) is 30.3 Å². The molecule has 0 N–H and O–H groups in total. The van der Waals surface area contributed by atoms with Gasteiger partial charge in [0, 0.05) is 0 Å². The van der Waals surface area contributed by atoms with Gasteiger partial charge in [0.1, 0.15) is 0 Å². The molecule has 0 fully saturated rings. The minimum Gasteiger partial charge on any atom is -0.219 e. The summed E-state index contributed by atoms with van der Waals surface area (Å²) in [4.78, 5) is 0.676. The summed E-state index contributed by atoms with van der Waals surface area (Å²) in [5.74, 6) is 0. The Morgan fingerprint density at radius 1 is 0.579 bits per heavy atom. The molecule has 0 unspecified atom stereocenters. The van der Waals surface area contributed by atoms with E-state index in [0.717, 1.165) is 11.1 Å². The molecular weight excluding hydrogens is 256 g/mol. The van der Waals surface area contributed by atoms with Gasteiger partial charge < -0.3 is 0 Å². The SMILES string of the molecule is O=S(=O)(c1ccccc1)c1cc2cccccc-2c1. The Balaban J connectivity index is 2.18. The van der Waals surface area contributed by atoms with Crippen molar-refractivity contribution < 1.29 is 8.42 Å². The first-order valence-electron chi connectivity index (χ1n) is 5.97. The summed E-state index contributed by atoms with van der Waals surface area (Å²) in [7, 11) is -3.42. The third kappa shape index (κ3) is 2.13. The molecule has 1 aromatic rings. The summed E-state index contributed by atoms with van der Waals surface area (Å²) >= 11 is 0. The number of hydrogen-bond donors (Lipinski definition) is 0. The Labute approximate surface area is 112 Å². The predicted molar refractivity (Wildman–Crippen MR) is 75.0 cm³/mol. The van der Waals surface area contributed by atoms with E-state index in [2.05, 4.69) is 0 Å². The van der Waals surface area contributed by atoms with E-state index < -0.39 is 9.84 Å². The van der Waals surface area contributed by atoms with Crippen LogP contribution >= 0.6 is 0 Å². The summed E-state index contributed by atoms with van der Waals surface area (Å²) < 4.78 is 25.0. The fraction of sp³-hybridized carbons (Fsp3) is 0. The number of sulfone groups is 1. The highest BCUT2D eigenvalue weighted by atomic mass is 32.2. The molecule has 0 amide bonds. The van der Waals surface area contributed by atoms with Crippen molar-refractivity contribution in [3.05, 3.63) is 72.8 Å². The second-order valence-corrected chi connectivity index (χ2v) is 6.28. The highest BCUT2D eigenvalue weighted by molar-refractivity contribution is 7.91. The van der Waals surface area contributed by atoms with Gasteiger partial charge >= 0.3 is 0 Å². The van der Waals surface area contributed by atoms with Crippen LogP contribution in [-0.4, -0.2) is 8.42 Å². The van der Waals surface area contributed by atoms with Gasteiger partial charge in [0.15, 0.2) is 0 Å². The van der Waals surface area contributed by atoms with Crippen molar-refractivity contribution in [3.8, 4) is 11.1 Å². The van der Waals surface area contributed by atoms with Gasteiger partial charge in [0.05, 0.1) is 9.79 Å². The molecule has 2 aliphatic rings. The molecule has 3 rings (SSSR count). The van der Waals surface area contributed by atoms with E-state index in [4.69, 9.17) is 0 Å². The fourth-order valence-corrected chi connectivity index (χ4v) is 3.43. The molecule has 0 bridgehead atoms. The summed E-state index contributed by atoms with van der Waals surface area (Å²) in [6.45, 7) is 0. The molecule has 94 valence electrons. The van der Waals surface area contributed by atoms with E-state index in [9.17, 15) is 8.42 Å². The maximum absolute atomic E-state index is 12.5. The standard InChI is InChI=1S/C16H12O2S/c17-19(18,15-9-5-2-6-10-15)16-11-13-7-3-1-4-8-14(13)12-16/h1-12H. The molecule has 0 heterocycles. The lowest BCUT2D eigenvalue weighted by molar-refractivity contribution is 0.596. The predicted octanol–water partition coefficient (Wildman–Crippen LogP) is 3.62. The van der Waals surface area contributed by atoms with Crippen LogP contribution in [-0.2, 0) is 9.84 Å². The summed E-state index contributed by atoms with van der Waals surface area (Å²) in [6, 6.07) is 21.5. The number of rotatable bonds is 2. The topological polar surface area (TPSA) is 34.1 Å². The van der Waals surface area contributed by atoms with E-state index in [0.29, 0.717) is 9.79 Å². The maximum atomic E-state index is 12.5. The van der Waals surface area contributed by atoms with Crippen molar-refractivity contribution in [1.82, 2.24) is 0 Å². The molecule has 0 spiro atoms. The van der Waals surface area contributed by atoms with Gasteiger partial charge in [-0.3, -0.25) is 0 Å². The third-order valence-electron chi connectivity index (χ3n) is 3.07. The maximum Gasteiger partial charge on any atom is 0.206 e. The minimum atomic E-state index is -3.42. The molecule has 0 aromatic heterocycles. The molecule has 0 aliphatic heterocycles. The second kappa shape index (κ2) is 4.52. The first kappa shape index (κ1) is 11.9. The Bertz CT molecular complexity index is 746. The first-order valence-corrected chi connectivity index (χ1v) is 7.45. The number of fused-ring (bicyclic) bond motifs is 1. The molecule has 1 aromatic carbocycles. The van der Waals surface area contributed by atoms with Gasteiger partial charge in [-0.2, -0.15) is 0 Å². The average molecular weight is 268 g/mol. The zero-order chi connectivity index (χ0) is 13.3. The van der Waals surface area contributed by atoms with Crippen molar-refractivity contribution in [1.29, 1.82) is 0 Å². The molecule has 0 radical (unpaired) electrons. The summed E-state index contributed by atoms with van der Waals surface area (Å²) in [5, 5.41) is 0. The minimum absolute atomic E-state index is 0.328. The van der Waals surface area contributed by atoms with Crippen LogP contribution in [0.25, 0.3) is 11.1 Å². The van der Waals surface area contributed by atoms with Crippen LogP contribution in [0.2, 0.25) is 0 Å². The van der Waals surface area contributed by atoms with Gasteiger partial charge in [0.2, 0.25) is 9.84 Å². The zero-order valence-electron chi connectivity index (χ0n) is 10.2. The highest BCUT2D eigenvalue weighted by Crippen LogP contribution is 2.30. The van der Waals surface area contributed by atoms with Crippen molar-refractivity contribution >= 4 is 9.84 Å². The quantitative estimate of drug-likeness (QED) is 0.711. The Morgan fingerprint density at radius 2 is 1.05 bits per heavy atom. The number of benzene rings is 1. The molecule has 3 heteroatoms. The average Bonchev–Trinajstić information content (AvgIpc) is 2.72. The van der Waals surface area contributed by atoms with Crippen molar-refractivity contribution in [2.24, 2.45) is 0 Å². The van der Waals surface area contributed by atoms with Crippen LogP contribution in [0.1, 0.15) is 0 Å². The summed E-state index contributed by atoms with van der Waals surface area (Å²) in [5.41, 5.74) is 1.86. The third-order valence-corrected chi connectivity index (χ3v) is 4.82. The second-order valence-electron chi connectivity index (χ2n) is 4.33. The van der Waals surface area contributed by atoms with Crippen LogP contribution in [0.3, 0.4) is 0 Å². The van der Waals surface area contributed by atoms with Gasteiger partial charge in [-0.1, -0.05) is 48.5 Å². The lowest BCUT2D eigenvalue weighted by Crippen LogP contribution is -1.99. The molecule has 0 saturated carbocycles. The molecule has 2 nitrogen and oxygen atoms in total. The Morgan fingerprint density at radius 3 is 1.58 bits per heavy atom. The smallest absolute Gasteiger partial charge is 0.206 e. The van der Waals surface area contributed by atoms with Crippen molar-refractivity contribution in [2.75, 3.05) is 0 Å². The molecule has 19 heavy (non-hydrogen) atoms. The normalized spacial score (nSPS) is 11.6. The largest absolute Gasteiger partial charge is 0.219 e. The Kier molecular flexibility index (Phi) is 2.84. The lowest BCUT2D eigenvalue weighted by atomic mass is 10.2. The van der Waals surface area contributed by atoms with E-state index in [-0.39, 0.29) is 0 Å². The fourth-order valence-electron chi connectivity index (χ4n) is 2.08. The lowest BCUT2D eigenvalue weighted by Gasteiger charge is -2.00. The highest BCUT2D eigenvalue weighted by Gasteiger charge is 2.20. The molecule has 0 saturated heterocycles. The van der Waals surface area contributed by atoms with E-state index in [1.54, 1.807) is 42.5 Å². The number of hydrogen-bond acceptors (Lipinski definition) is 2. The van der Waals surface area contributed by atoms with Gasteiger partial charge in [-0.25, -0.2) is 8.42 Å². The van der Waals surface area contributed by atoms with Crippen LogP contribution < -0.4 is 0 Å². The Hall–Kier alpha value is -2.13. The van der Waals surface area contributed by atoms with Crippen molar-refractivity contribution in [2.45, 2.75) is 9.79 Å². The molecule has 0 atom stereocenters. The first-order chi connectivity index (χ1) is 9.18. The van der Waals surface area contributed by atoms with Crippen LogP contribution in [0.4, 0.5) is 0 Å². The monoisotopic (exact) mass is 268 g/mol. The van der Waals surface area contributed by atoms with Crippen LogP contribution in [0.5, 0.6) is 0 Å². The van der Waals surface area contributed by atoms with Gasteiger partial charge in [0.25, 0.3) is 0 Å². The van der Waals surface area contributed by atoms with Gasteiger partial charge in [-0.05, 0) is 35.4 Å². The van der Waals surface area contributed by atoms with E-state index in [1.165, 1.54) is 0 Å². The van der Waals surface area contributed by atoms with Crippen molar-refractivity contribution in [3.63, 3.8) is 0 Å². The zero-order valence-corrected chi connectivity index (χ0v) is 11.0. The molecular formula is C16H12O2S. The van der Waals surface area contributed by atoms with Crippen LogP contribution in [0.15, 0.2) is 82.6 Å². The van der Waals surface area contributed by atoms with Gasteiger partial charge in [-0.15, -0.1) is 0 Å². The molecule has 2 aliphatic carbocycles. The summed E-state index contributed by atoms with van der Waals surface area (Å²) in [6.07, 6.45) is 0. The van der Waals surface area contributed by atoms with E-state index >= 15 is 0 Å².